The molecule has 3 aliphatic rings. The monoisotopic (exact) mass is 288 g/mol. The Balaban J connectivity index is 1.56. The predicted octanol–water partition coefficient (Wildman–Crippen LogP) is 3.44. The summed E-state index contributed by atoms with van der Waals surface area (Å²) in [6.45, 7) is 0. The molecule has 4 rings (SSSR count). The lowest BCUT2D eigenvalue weighted by molar-refractivity contribution is 0.120. The second-order valence-electron chi connectivity index (χ2n) is 6.62. The van der Waals surface area contributed by atoms with Gasteiger partial charge in [0.2, 0.25) is 0 Å². The van der Waals surface area contributed by atoms with E-state index in [2.05, 4.69) is 41.5 Å². The topological polar surface area (TPSA) is 15.3 Å². The first-order valence-electron chi connectivity index (χ1n) is 8.01. The minimum atomic E-state index is 0.634. The molecule has 2 fully saturated rings. The van der Waals surface area contributed by atoms with E-state index < -0.39 is 0 Å². The maximum Gasteiger partial charge on any atom is 0.0367 e. The molecule has 3 aliphatic heterocycles. The number of hydrogen-bond donors (Lipinski definition) is 1. The summed E-state index contributed by atoms with van der Waals surface area (Å²) in [7, 11) is 2.37. The van der Waals surface area contributed by atoms with Gasteiger partial charge in [0.25, 0.3) is 0 Å². The number of thioether (sulfide) groups is 1. The summed E-state index contributed by atoms with van der Waals surface area (Å²) in [6, 6.07) is 12.0. The number of rotatable bonds is 2. The van der Waals surface area contributed by atoms with Gasteiger partial charge in [-0.25, -0.2) is 0 Å². The van der Waals surface area contributed by atoms with Crippen LogP contribution >= 0.6 is 11.8 Å². The number of benzene rings is 1. The molecule has 2 nitrogen and oxygen atoms in total. The lowest BCUT2D eigenvalue weighted by Crippen LogP contribution is -2.48. The van der Waals surface area contributed by atoms with Crippen molar-refractivity contribution in [1.29, 1.82) is 0 Å². The van der Waals surface area contributed by atoms with Gasteiger partial charge in [-0.05, 0) is 56.5 Å². The Morgan fingerprint density at radius 1 is 1.10 bits per heavy atom. The lowest BCUT2D eigenvalue weighted by Gasteiger charge is -2.41. The van der Waals surface area contributed by atoms with Crippen LogP contribution < -0.4 is 5.32 Å². The Kier molecular flexibility index (Phi) is 3.53. The van der Waals surface area contributed by atoms with Gasteiger partial charge in [-0.1, -0.05) is 18.2 Å². The van der Waals surface area contributed by atoms with Crippen molar-refractivity contribution in [2.75, 3.05) is 12.8 Å². The molecule has 0 amide bonds. The molecular weight excluding hydrogens is 264 g/mol. The number of nitrogens with one attached hydrogen (secondary N) is 1. The van der Waals surface area contributed by atoms with E-state index in [1.807, 2.05) is 11.8 Å². The molecule has 3 heterocycles. The largest absolute Gasteiger partial charge is 0.311 e. The third-order valence-electron chi connectivity index (χ3n) is 5.44. The van der Waals surface area contributed by atoms with Crippen LogP contribution in [0.5, 0.6) is 0 Å². The fourth-order valence-corrected chi connectivity index (χ4v) is 5.47. The molecule has 0 aromatic heterocycles. The quantitative estimate of drug-likeness (QED) is 0.897. The van der Waals surface area contributed by atoms with Crippen LogP contribution in [0.4, 0.5) is 0 Å². The maximum atomic E-state index is 3.77. The first-order valence-corrected chi connectivity index (χ1v) is 8.99. The van der Waals surface area contributed by atoms with Crippen molar-refractivity contribution in [2.24, 2.45) is 0 Å². The van der Waals surface area contributed by atoms with Crippen molar-refractivity contribution in [3.63, 3.8) is 0 Å². The number of hydrogen-bond acceptors (Lipinski definition) is 3. The Morgan fingerprint density at radius 2 is 1.85 bits per heavy atom. The zero-order chi connectivity index (χ0) is 13.5. The van der Waals surface area contributed by atoms with Crippen molar-refractivity contribution in [2.45, 2.75) is 61.2 Å². The zero-order valence-electron chi connectivity index (χ0n) is 12.2. The van der Waals surface area contributed by atoms with Crippen LogP contribution in [0.25, 0.3) is 0 Å². The average Bonchev–Trinajstić information content (AvgIpc) is 2.84. The van der Waals surface area contributed by atoms with Gasteiger partial charge in [0.1, 0.15) is 0 Å². The molecule has 0 aliphatic carbocycles. The summed E-state index contributed by atoms with van der Waals surface area (Å²) in [5.41, 5.74) is 1.57. The first-order chi connectivity index (χ1) is 9.81. The summed E-state index contributed by atoms with van der Waals surface area (Å²) in [4.78, 5) is 4.21. The first kappa shape index (κ1) is 13.2. The van der Waals surface area contributed by atoms with Crippen molar-refractivity contribution >= 4 is 11.8 Å². The molecule has 0 spiro atoms. The third-order valence-corrected chi connectivity index (χ3v) is 6.57. The van der Waals surface area contributed by atoms with Crippen LogP contribution in [-0.4, -0.2) is 35.8 Å². The van der Waals surface area contributed by atoms with Crippen LogP contribution in [0.2, 0.25) is 0 Å². The summed E-state index contributed by atoms with van der Waals surface area (Å²) >= 11 is 2.03. The number of fused-ring (bicyclic) bond motifs is 3. The highest BCUT2D eigenvalue weighted by molar-refractivity contribution is 7.99. The lowest BCUT2D eigenvalue weighted by atomic mass is 9.94. The molecule has 1 aromatic rings. The van der Waals surface area contributed by atoms with E-state index in [4.69, 9.17) is 0 Å². The van der Waals surface area contributed by atoms with Crippen molar-refractivity contribution in [3.8, 4) is 0 Å². The molecule has 1 N–H and O–H groups in total. The highest BCUT2D eigenvalue weighted by Crippen LogP contribution is 2.41. The van der Waals surface area contributed by atoms with E-state index in [0.717, 1.165) is 18.1 Å². The molecule has 1 aromatic carbocycles. The summed E-state index contributed by atoms with van der Waals surface area (Å²) in [6.07, 6.45) is 6.79. The van der Waals surface area contributed by atoms with Crippen molar-refractivity contribution in [3.05, 3.63) is 29.8 Å². The number of nitrogens with zero attached hydrogens (tertiary/aromatic N) is 1. The number of piperidine rings is 1. The third kappa shape index (κ3) is 2.30. The summed E-state index contributed by atoms with van der Waals surface area (Å²) in [5.74, 6) is 1.27. The Bertz CT molecular complexity index is 478. The highest BCUT2D eigenvalue weighted by Gasteiger charge is 2.37. The van der Waals surface area contributed by atoms with E-state index in [9.17, 15) is 0 Å². The average molecular weight is 288 g/mol. The fourth-order valence-electron chi connectivity index (χ4n) is 4.36. The molecule has 2 bridgehead atoms. The van der Waals surface area contributed by atoms with E-state index in [1.54, 1.807) is 5.56 Å². The maximum absolute atomic E-state index is 3.77. The van der Waals surface area contributed by atoms with Gasteiger partial charge in [0.05, 0.1) is 0 Å². The molecule has 3 unspecified atom stereocenters. The van der Waals surface area contributed by atoms with Gasteiger partial charge in [-0.3, -0.25) is 4.90 Å². The van der Waals surface area contributed by atoms with Crippen LogP contribution in [-0.2, 0) is 0 Å². The Hall–Kier alpha value is -0.510. The zero-order valence-corrected chi connectivity index (χ0v) is 13.0. The van der Waals surface area contributed by atoms with Gasteiger partial charge >= 0.3 is 0 Å². The van der Waals surface area contributed by atoms with Gasteiger partial charge in [-0.15, -0.1) is 11.8 Å². The van der Waals surface area contributed by atoms with Gasteiger partial charge in [-0.2, -0.15) is 0 Å². The Labute approximate surface area is 126 Å². The molecule has 3 atom stereocenters. The van der Waals surface area contributed by atoms with Crippen molar-refractivity contribution < 1.29 is 0 Å². The smallest absolute Gasteiger partial charge is 0.0367 e. The minimum Gasteiger partial charge on any atom is -0.311 e. The SMILES string of the molecule is CN(C1CC2CCC(C1)N2)C1CCSc2ccccc21. The normalized spacial score (nSPS) is 36.1. The van der Waals surface area contributed by atoms with Crippen molar-refractivity contribution in [1.82, 2.24) is 10.2 Å². The second-order valence-corrected chi connectivity index (χ2v) is 7.76. The summed E-state index contributed by atoms with van der Waals surface area (Å²) in [5, 5.41) is 3.77. The van der Waals surface area contributed by atoms with Gasteiger partial charge < -0.3 is 5.32 Å². The van der Waals surface area contributed by atoms with E-state index in [0.29, 0.717) is 6.04 Å². The van der Waals surface area contributed by atoms with Crippen LogP contribution in [0, 0.1) is 0 Å². The van der Waals surface area contributed by atoms with Gasteiger partial charge in [0.15, 0.2) is 0 Å². The molecule has 20 heavy (non-hydrogen) atoms. The molecule has 2 saturated heterocycles. The predicted molar refractivity (Wildman–Crippen MR) is 85.3 cm³/mol. The standard InChI is InChI=1S/C17H24N2S/c1-19(14-10-12-6-7-13(11-14)18-12)16-8-9-20-17-5-3-2-4-15(16)17/h2-5,12-14,16,18H,6-11H2,1H3. The molecule has 0 radical (unpaired) electrons. The molecule has 0 saturated carbocycles. The van der Waals surface area contributed by atoms with Gasteiger partial charge in [0, 0.05) is 29.1 Å². The minimum absolute atomic E-state index is 0.634. The molecule has 3 heteroatoms. The highest BCUT2D eigenvalue weighted by atomic mass is 32.2. The van der Waals surface area contributed by atoms with Crippen LogP contribution in [0.1, 0.15) is 43.7 Å². The van der Waals surface area contributed by atoms with E-state index in [1.165, 1.54) is 42.8 Å². The molecule has 108 valence electrons. The van der Waals surface area contributed by atoms with Crippen LogP contribution in [0.15, 0.2) is 29.2 Å². The van der Waals surface area contributed by atoms with Crippen LogP contribution in [0.3, 0.4) is 0 Å². The van der Waals surface area contributed by atoms with E-state index in [-0.39, 0.29) is 0 Å². The Morgan fingerprint density at radius 3 is 2.65 bits per heavy atom. The second kappa shape index (κ2) is 5.36. The fraction of sp³-hybridized carbons (Fsp3) is 0.647. The van der Waals surface area contributed by atoms with E-state index >= 15 is 0 Å². The summed E-state index contributed by atoms with van der Waals surface area (Å²) < 4.78 is 0. The molecular formula is C17H24N2S.